The Morgan fingerprint density at radius 2 is 2.31 bits per heavy atom. The first kappa shape index (κ1) is 10.9. The van der Waals surface area contributed by atoms with E-state index in [2.05, 4.69) is 14.9 Å². The van der Waals surface area contributed by atoms with Crippen molar-refractivity contribution in [2.45, 2.75) is 25.3 Å². The van der Waals surface area contributed by atoms with Gasteiger partial charge in [-0.25, -0.2) is 4.98 Å². The van der Waals surface area contributed by atoms with Gasteiger partial charge in [0, 0.05) is 12.6 Å². The quantitative estimate of drug-likeness (QED) is 0.634. The minimum Gasteiger partial charge on any atom is -0.391 e. The van der Waals surface area contributed by atoms with E-state index in [9.17, 15) is 4.79 Å². The molecule has 1 fully saturated rings. The van der Waals surface area contributed by atoms with Crippen LogP contribution in [0.4, 0.5) is 11.5 Å². The highest BCUT2D eigenvalue weighted by atomic mass is 16.1. The van der Waals surface area contributed by atoms with E-state index >= 15 is 0 Å². The van der Waals surface area contributed by atoms with Crippen molar-refractivity contribution >= 4 is 11.5 Å². The molecule has 5 N–H and O–H groups in total. The van der Waals surface area contributed by atoms with Crippen LogP contribution in [-0.4, -0.2) is 29.1 Å². The molecule has 1 saturated carbocycles. The number of nitrogen functional groups attached to an aromatic ring is 1. The van der Waals surface area contributed by atoms with Gasteiger partial charge < -0.3 is 21.4 Å². The van der Waals surface area contributed by atoms with E-state index in [4.69, 9.17) is 11.5 Å². The summed E-state index contributed by atoms with van der Waals surface area (Å²) in [5, 5.41) is 0. The maximum Gasteiger partial charge on any atom is 0.276 e. The van der Waals surface area contributed by atoms with Crippen molar-refractivity contribution in [3.63, 3.8) is 0 Å². The molecule has 0 radical (unpaired) electrons. The smallest absolute Gasteiger partial charge is 0.276 e. The maximum absolute atomic E-state index is 11.4. The van der Waals surface area contributed by atoms with Crippen LogP contribution in [0.25, 0.3) is 0 Å². The molecule has 6 heteroatoms. The number of hydrogen-bond acceptors (Lipinski definition) is 5. The topological polar surface area (TPSA) is 101 Å². The monoisotopic (exact) mass is 223 g/mol. The molecule has 0 spiro atoms. The first-order chi connectivity index (χ1) is 7.74. The Kier molecular flexibility index (Phi) is 3.09. The summed E-state index contributed by atoms with van der Waals surface area (Å²) in [7, 11) is 0. The number of nitrogens with zero attached hydrogens (tertiary/aromatic N) is 2. The second-order valence-electron chi connectivity index (χ2n) is 4.04. The zero-order valence-corrected chi connectivity index (χ0v) is 9.15. The van der Waals surface area contributed by atoms with Crippen LogP contribution in [0, 0.1) is 0 Å². The Balaban J connectivity index is 2.24. The van der Waals surface area contributed by atoms with Crippen LogP contribution in [0.5, 0.6) is 0 Å². The Hall–Kier alpha value is -1.56. The van der Waals surface area contributed by atoms with Gasteiger partial charge in [-0.15, -0.1) is 0 Å². The van der Waals surface area contributed by atoms with E-state index in [1.54, 1.807) is 0 Å². The molecule has 0 saturated heterocycles. The van der Waals surface area contributed by atoms with Crippen molar-refractivity contribution in [2.24, 2.45) is 5.73 Å². The minimum atomic E-state index is -0.275. The summed E-state index contributed by atoms with van der Waals surface area (Å²) in [5.74, 6) is 0.597. The third kappa shape index (κ3) is 2.16. The van der Waals surface area contributed by atoms with Crippen LogP contribution in [0.15, 0.2) is 11.1 Å². The van der Waals surface area contributed by atoms with Gasteiger partial charge in [0.25, 0.3) is 5.56 Å². The van der Waals surface area contributed by atoms with Gasteiger partial charge in [-0.1, -0.05) is 0 Å². The lowest BCUT2D eigenvalue weighted by atomic mass is 10.3. The van der Waals surface area contributed by atoms with Crippen molar-refractivity contribution in [1.82, 2.24) is 9.97 Å². The Morgan fingerprint density at radius 1 is 1.56 bits per heavy atom. The first-order valence-electron chi connectivity index (χ1n) is 5.54. The van der Waals surface area contributed by atoms with Gasteiger partial charge >= 0.3 is 0 Å². The number of nitrogens with two attached hydrogens (primary N) is 2. The molecule has 2 rings (SSSR count). The molecule has 1 heterocycles. The molecule has 1 aliphatic carbocycles. The van der Waals surface area contributed by atoms with E-state index in [-0.39, 0.29) is 11.2 Å². The number of anilines is 2. The largest absolute Gasteiger partial charge is 0.391 e. The number of aromatic nitrogens is 2. The summed E-state index contributed by atoms with van der Waals surface area (Å²) in [6.45, 7) is 1.44. The van der Waals surface area contributed by atoms with E-state index in [1.165, 1.54) is 6.33 Å². The molecule has 0 bridgehead atoms. The average Bonchev–Trinajstić information content (AvgIpc) is 3.08. The van der Waals surface area contributed by atoms with Gasteiger partial charge in [0.2, 0.25) is 0 Å². The van der Waals surface area contributed by atoms with Crippen LogP contribution < -0.4 is 21.9 Å². The molecule has 1 aromatic rings. The number of hydrogen-bond donors (Lipinski definition) is 3. The summed E-state index contributed by atoms with van der Waals surface area (Å²) in [4.78, 5) is 20.1. The predicted octanol–water partition coefficient (Wildman–Crippen LogP) is -0.330. The second kappa shape index (κ2) is 4.52. The SMILES string of the molecule is NCCCN(c1nc[nH]c(=O)c1N)C1CC1. The third-order valence-electron chi connectivity index (χ3n) is 2.73. The van der Waals surface area contributed by atoms with Crippen molar-refractivity contribution in [1.29, 1.82) is 0 Å². The fourth-order valence-electron chi connectivity index (χ4n) is 1.74. The van der Waals surface area contributed by atoms with Gasteiger partial charge in [-0.2, -0.15) is 0 Å². The molecular formula is C10H17N5O. The molecule has 1 aliphatic rings. The Labute approximate surface area is 93.7 Å². The number of H-pyrrole nitrogens is 1. The van der Waals surface area contributed by atoms with E-state index in [1.807, 2.05) is 0 Å². The molecular weight excluding hydrogens is 206 g/mol. The maximum atomic E-state index is 11.4. The lowest BCUT2D eigenvalue weighted by molar-refractivity contribution is 0.721. The molecule has 0 aromatic carbocycles. The third-order valence-corrected chi connectivity index (χ3v) is 2.73. The normalized spacial score (nSPS) is 15.1. The minimum absolute atomic E-state index is 0.200. The van der Waals surface area contributed by atoms with Gasteiger partial charge in [0.15, 0.2) is 5.82 Å². The van der Waals surface area contributed by atoms with Gasteiger partial charge in [-0.3, -0.25) is 4.79 Å². The average molecular weight is 223 g/mol. The van der Waals surface area contributed by atoms with E-state index in [0.29, 0.717) is 18.4 Å². The van der Waals surface area contributed by atoms with Crippen LogP contribution in [0.1, 0.15) is 19.3 Å². The molecule has 0 atom stereocenters. The molecule has 16 heavy (non-hydrogen) atoms. The Bertz CT molecular complexity index is 412. The molecule has 88 valence electrons. The van der Waals surface area contributed by atoms with Crippen molar-refractivity contribution in [2.75, 3.05) is 23.7 Å². The highest BCUT2D eigenvalue weighted by Gasteiger charge is 2.31. The fourth-order valence-corrected chi connectivity index (χ4v) is 1.74. The molecule has 6 nitrogen and oxygen atoms in total. The van der Waals surface area contributed by atoms with Gasteiger partial charge in [-0.05, 0) is 25.8 Å². The standard InChI is InChI=1S/C10H17N5O/c11-4-1-5-15(7-2-3-7)9-8(12)10(16)14-6-13-9/h6-7H,1-5,11-12H2,(H,13,14,16). The highest BCUT2D eigenvalue weighted by molar-refractivity contribution is 5.61. The highest BCUT2D eigenvalue weighted by Crippen LogP contribution is 2.31. The number of aromatic amines is 1. The summed E-state index contributed by atoms with van der Waals surface area (Å²) < 4.78 is 0. The van der Waals surface area contributed by atoms with Crippen molar-refractivity contribution in [3.8, 4) is 0 Å². The number of rotatable bonds is 5. The predicted molar refractivity (Wildman–Crippen MR) is 63.3 cm³/mol. The zero-order valence-electron chi connectivity index (χ0n) is 9.15. The zero-order chi connectivity index (χ0) is 11.5. The molecule has 1 aromatic heterocycles. The lowest BCUT2D eigenvalue weighted by Gasteiger charge is -2.23. The van der Waals surface area contributed by atoms with Crippen molar-refractivity contribution < 1.29 is 0 Å². The second-order valence-corrected chi connectivity index (χ2v) is 4.04. The first-order valence-corrected chi connectivity index (χ1v) is 5.54. The van der Waals surface area contributed by atoms with Gasteiger partial charge in [0.1, 0.15) is 5.69 Å². The molecule has 0 unspecified atom stereocenters. The number of nitrogens with one attached hydrogen (secondary N) is 1. The van der Waals surface area contributed by atoms with Crippen LogP contribution >= 0.6 is 0 Å². The van der Waals surface area contributed by atoms with Crippen LogP contribution in [0.3, 0.4) is 0 Å². The van der Waals surface area contributed by atoms with Crippen LogP contribution in [0.2, 0.25) is 0 Å². The van der Waals surface area contributed by atoms with Crippen molar-refractivity contribution in [3.05, 3.63) is 16.7 Å². The summed E-state index contributed by atoms with van der Waals surface area (Å²) in [6.07, 6.45) is 4.55. The van der Waals surface area contributed by atoms with Gasteiger partial charge in [0.05, 0.1) is 6.33 Å². The van der Waals surface area contributed by atoms with E-state index < -0.39 is 0 Å². The fraction of sp³-hybridized carbons (Fsp3) is 0.600. The van der Waals surface area contributed by atoms with Crippen LogP contribution in [-0.2, 0) is 0 Å². The van der Waals surface area contributed by atoms with E-state index in [0.717, 1.165) is 25.8 Å². The Morgan fingerprint density at radius 3 is 2.94 bits per heavy atom. The summed E-state index contributed by atoms with van der Waals surface area (Å²) in [5.41, 5.74) is 11.2. The summed E-state index contributed by atoms with van der Waals surface area (Å²) >= 11 is 0. The summed E-state index contributed by atoms with van der Waals surface area (Å²) in [6, 6.07) is 0.475. The lowest BCUT2D eigenvalue weighted by Crippen LogP contribution is -2.31. The molecule has 0 amide bonds. The molecule has 0 aliphatic heterocycles.